The van der Waals surface area contributed by atoms with E-state index in [9.17, 15) is 0 Å². The van der Waals surface area contributed by atoms with E-state index >= 15 is 0 Å². The van der Waals surface area contributed by atoms with Gasteiger partial charge in [0.1, 0.15) is 0 Å². The van der Waals surface area contributed by atoms with Gasteiger partial charge in [-0.1, -0.05) is 182 Å². The van der Waals surface area contributed by atoms with E-state index in [1.54, 1.807) is 0 Å². The second kappa shape index (κ2) is 14.1. The molecule has 0 aliphatic heterocycles. The third-order valence-corrected chi connectivity index (χ3v) is 11.4. The Morgan fingerprint density at radius 2 is 0.828 bits per heavy atom. The van der Waals surface area contributed by atoms with E-state index in [-0.39, 0.29) is 0 Å². The third kappa shape index (κ3) is 6.00. The number of rotatable bonds is 6. The Hall–Kier alpha value is -7.68. The van der Waals surface area contributed by atoms with Crippen LogP contribution in [0.15, 0.2) is 218 Å². The minimum absolute atomic E-state index is 0.690. The molecule has 0 fully saturated rings. The first-order chi connectivity index (χ1) is 28.7. The summed E-state index contributed by atoms with van der Waals surface area (Å²) >= 11 is 0. The molecule has 11 rings (SSSR count). The Bertz CT molecular complexity index is 3330. The lowest BCUT2D eigenvalue weighted by molar-refractivity contribution is 1.18. The summed E-state index contributed by atoms with van der Waals surface area (Å²) in [6.07, 6.45) is 0. The molecule has 2 heteroatoms. The van der Waals surface area contributed by atoms with Crippen LogP contribution in [-0.4, -0.2) is 9.97 Å². The van der Waals surface area contributed by atoms with Gasteiger partial charge in [0, 0.05) is 16.7 Å². The molecular weight excluding hydrogens is 701 g/mol. The lowest BCUT2D eigenvalue weighted by Gasteiger charge is -2.17. The van der Waals surface area contributed by atoms with Crippen LogP contribution in [0.4, 0.5) is 0 Å². The largest absolute Gasteiger partial charge is 0.228 e. The zero-order valence-corrected chi connectivity index (χ0v) is 31.7. The molecule has 58 heavy (non-hydrogen) atoms. The first kappa shape index (κ1) is 33.6. The van der Waals surface area contributed by atoms with Crippen molar-refractivity contribution < 1.29 is 0 Å². The first-order valence-corrected chi connectivity index (χ1v) is 19.8. The fraction of sp³-hybridized carbons (Fsp3) is 0. The topological polar surface area (TPSA) is 25.8 Å². The van der Waals surface area contributed by atoms with Crippen LogP contribution in [0.25, 0.3) is 110 Å². The van der Waals surface area contributed by atoms with Gasteiger partial charge < -0.3 is 0 Å². The lowest BCUT2D eigenvalue weighted by Crippen LogP contribution is -1.98. The van der Waals surface area contributed by atoms with E-state index in [2.05, 4.69) is 212 Å². The molecule has 0 radical (unpaired) electrons. The van der Waals surface area contributed by atoms with Crippen molar-refractivity contribution in [2.24, 2.45) is 0 Å². The van der Waals surface area contributed by atoms with E-state index in [1.165, 1.54) is 48.7 Å². The van der Waals surface area contributed by atoms with Gasteiger partial charge in [-0.3, -0.25) is 0 Å². The van der Waals surface area contributed by atoms with Gasteiger partial charge in [0.15, 0.2) is 5.82 Å². The van der Waals surface area contributed by atoms with E-state index in [0.717, 1.165) is 55.9 Å². The highest BCUT2D eigenvalue weighted by molar-refractivity contribution is 6.20. The van der Waals surface area contributed by atoms with Crippen LogP contribution in [0, 0.1) is 0 Å². The van der Waals surface area contributed by atoms with E-state index in [1.807, 2.05) is 6.07 Å². The molecule has 0 saturated carbocycles. The first-order valence-electron chi connectivity index (χ1n) is 19.8. The molecule has 0 amide bonds. The van der Waals surface area contributed by atoms with Crippen LogP contribution in [0.5, 0.6) is 0 Å². The van der Waals surface area contributed by atoms with E-state index < -0.39 is 0 Å². The average Bonchev–Trinajstić information content (AvgIpc) is 3.31. The molecule has 10 aromatic carbocycles. The molecule has 0 atom stereocenters. The maximum absolute atomic E-state index is 5.38. The van der Waals surface area contributed by atoms with Crippen molar-refractivity contribution in [3.05, 3.63) is 218 Å². The Kier molecular flexibility index (Phi) is 8.19. The zero-order chi connectivity index (χ0) is 38.4. The molecular formula is C56H36N2. The molecule has 1 aromatic heterocycles. The summed E-state index contributed by atoms with van der Waals surface area (Å²) in [4.78, 5) is 10.7. The van der Waals surface area contributed by atoms with Crippen molar-refractivity contribution in [1.29, 1.82) is 0 Å². The predicted octanol–water partition coefficient (Wildman–Crippen LogP) is 15.1. The summed E-state index contributed by atoms with van der Waals surface area (Å²) in [7, 11) is 0. The van der Waals surface area contributed by atoms with Gasteiger partial charge in [0.25, 0.3) is 0 Å². The quantitative estimate of drug-likeness (QED) is 0.125. The molecule has 0 aliphatic carbocycles. The SMILES string of the molecule is c1ccc(-c2nc(-c3cc(-c4ccc5ccccc5c4)cc(-c4c5ccccc5cc5c4ccc4ccccc45)c3)cc(-c3ccccc3-c3ccccc3)n2)cc1. The summed E-state index contributed by atoms with van der Waals surface area (Å²) in [5.74, 6) is 0.690. The van der Waals surface area contributed by atoms with Crippen LogP contribution < -0.4 is 0 Å². The number of fused-ring (bicyclic) bond motifs is 5. The summed E-state index contributed by atoms with van der Waals surface area (Å²) in [6.45, 7) is 0. The smallest absolute Gasteiger partial charge is 0.160 e. The molecule has 1 heterocycles. The van der Waals surface area contributed by atoms with Crippen LogP contribution in [0.3, 0.4) is 0 Å². The predicted molar refractivity (Wildman–Crippen MR) is 245 cm³/mol. The minimum Gasteiger partial charge on any atom is -0.228 e. The number of hydrogen-bond donors (Lipinski definition) is 0. The van der Waals surface area contributed by atoms with Gasteiger partial charge in [0.2, 0.25) is 0 Å². The monoisotopic (exact) mass is 736 g/mol. The van der Waals surface area contributed by atoms with Crippen molar-refractivity contribution in [3.8, 4) is 67.3 Å². The number of nitrogens with zero attached hydrogens (tertiary/aromatic N) is 2. The van der Waals surface area contributed by atoms with Gasteiger partial charge in [-0.15, -0.1) is 0 Å². The van der Waals surface area contributed by atoms with Gasteiger partial charge >= 0.3 is 0 Å². The molecule has 0 saturated heterocycles. The molecule has 2 nitrogen and oxygen atoms in total. The highest BCUT2D eigenvalue weighted by Crippen LogP contribution is 2.43. The summed E-state index contributed by atoms with van der Waals surface area (Å²) in [5.41, 5.74) is 11.7. The second-order valence-electron chi connectivity index (χ2n) is 15.0. The van der Waals surface area contributed by atoms with E-state index in [4.69, 9.17) is 9.97 Å². The Morgan fingerprint density at radius 3 is 1.64 bits per heavy atom. The van der Waals surface area contributed by atoms with Gasteiger partial charge in [-0.05, 0) is 113 Å². The fourth-order valence-corrected chi connectivity index (χ4v) is 8.61. The number of hydrogen-bond acceptors (Lipinski definition) is 2. The van der Waals surface area contributed by atoms with Crippen molar-refractivity contribution in [2.75, 3.05) is 0 Å². The van der Waals surface area contributed by atoms with Gasteiger partial charge in [-0.25, -0.2) is 9.97 Å². The van der Waals surface area contributed by atoms with Crippen molar-refractivity contribution in [2.45, 2.75) is 0 Å². The highest BCUT2D eigenvalue weighted by Gasteiger charge is 2.18. The summed E-state index contributed by atoms with van der Waals surface area (Å²) in [6, 6.07) is 78.4. The van der Waals surface area contributed by atoms with Crippen molar-refractivity contribution in [1.82, 2.24) is 9.97 Å². The lowest BCUT2D eigenvalue weighted by atomic mass is 9.87. The zero-order valence-electron chi connectivity index (χ0n) is 31.7. The van der Waals surface area contributed by atoms with Crippen LogP contribution in [-0.2, 0) is 0 Å². The molecule has 11 aromatic rings. The summed E-state index contributed by atoms with van der Waals surface area (Å²) < 4.78 is 0. The van der Waals surface area contributed by atoms with Crippen LogP contribution in [0.2, 0.25) is 0 Å². The molecule has 0 spiro atoms. The molecule has 0 N–H and O–H groups in total. The second-order valence-corrected chi connectivity index (χ2v) is 15.0. The normalized spacial score (nSPS) is 11.4. The number of aromatic nitrogens is 2. The highest BCUT2D eigenvalue weighted by atomic mass is 14.9. The Balaban J connectivity index is 1.21. The van der Waals surface area contributed by atoms with E-state index in [0.29, 0.717) is 5.82 Å². The maximum Gasteiger partial charge on any atom is 0.160 e. The molecule has 0 aliphatic rings. The Morgan fingerprint density at radius 1 is 0.241 bits per heavy atom. The van der Waals surface area contributed by atoms with Crippen LogP contribution >= 0.6 is 0 Å². The third-order valence-electron chi connectivity index (χ3n) is 11.4. The van der Waals surface area contributed by atoms with Gasteiger partial charge in [0.05, 0.1) is 11.4 Å². The van der Waals surface area contributed by atoms with Crippen molar-refractivity contribution >= 4 is 43.1 Å². The van der Waals surface area contributed by atoms with Crippen molar-refractivity contribution in [3.63, 3.8) is 0 Å². The average molecular weight is 737 g/mol. The molecule has 270 valence electrons. The number of benzene rings is 10. The molecule has 0 unspecified atom stereocenters. The molecule has 0 bridgehead atoms. The van der Waals surface area contributed by atoms with Crippen LogP contribution in [0.1, 0.15) is 0 Å². The minimum atomic E-state index is 0.690. The van der Waals surface area contributed by atoms with Gasteiger partial charge in [-0.2, -0.15) is 0 Å². The Labute approximate surface area is 337 Å². The standard InChI is InChI=1S/C56H36N2/c1-3-16-38(17-4-1)47-23-13-14-26-50(47)54-36-53(57-56(58-54)40-19-5-2-6-20-40)45-32-44(42-28-27-37-15-7-8-21-41(37)31-42)33-46(34-45)55-49-25-12-10-22-43(49)35-52-48-24-11-9-18-39(48)29-30-51(52)55/h1-36H. The fourth-order valence-electron chi connectivity index (χ4n) is 8.61. The summed E-state index contributed by atoms with van der Waals surface area (Å²) in [5, 5.41) is 9.83. The maximum atomic E-state index is 5.38.